The van der Waals surface area contributed by atoms with Gasteiger partial charge in [0.1, 0.15) is 16.6 Å². The first-order valence-electron chi connectivity index (χ1n) is 5.41. The second kappa shape index (κ2) is 4.63. The van der Waals surface area contributed by atoms with Crippen LogP contribution in [0.1, 0.15) is 36.9 Å². The van der Waals surface area contributed by atoms with Crippen molar-refractivity contribution in [1.29, 1.82) is 5.26 Å². The average Bonchev–Trinajstić information content (AvgIpc) is 2.98. The number of anilines is 1. The number of hydrogen-bond donors (Lipinski definition) is 1. The maximum absolute atomic E-state index is 8.92. The zero-order chi connectivity index (χ0) is 10.7. The first kappa shape index (κ1) is 10.4. The van der Waals surface area contributed by atoms with Crippen LogP contribution in [0.4, 0.5) is 5.00 Å². The smallest absolute Gasteiger partial charge is 0.127 e. The van der Waals surface area contributed by atoms with E-state index in [1.54, 1.807) is 0 Å². The lowest BCUT2D eigenvalue weighted by molar-refractivity contribution is 0.688. The number of nitrogens with zero attached hydrogens (tertiary/aromatic N) is 2. The van der Waals surface area contributed by atoms with Crippen LogP contribution < -0.4 is 5.32 Å². The van der Waals surface area contributed by atoms with Crippen molar-refractivity contribution >= 4 is 16.5 Å². The third kappa shape index (κ3) is 2.69. The Hall–Kier alpha value is -1.08. The molecule has 2 rings (SSSR count). The zero-order valence-electron chi connectivity index (χ0n) is 8.92. The molecule has 0 atom stereocenters. The van der Waals surface area contributed by atoms with E-state index in [2.05, 4.69) is 15.8 Å². The van der Waals surface area contributed by atoms with E-state index in [0.29, 0.717) is 5.56 Å². The van der Waals surface area contributed by atoms with Crippen LogP contribution in [-0.2, 0) is 0 Å². The minimum Gasteiger partial charge on any atom is -0.375 e. The van der Waals surface area contributed by atoms with Gasteiger partial charge in [0.05, 0.1) is 5.69 Å². The minimum absolute atomic E-state index is 0.714. The monoisotopic (exact) mass is 221 g/mol. The van der Waals surface area contributed by atoms with Gasteiger partial charge in [0, 0.05) is 6.54 Å². The predicted octanol–water partition coefficient (Wildman–Crippen LogP) is 2.93. The topological polar surface area (TPSA) is 48.7 Å². The Morgan fingerprint density at radius 1 is 1.60 bits per heavy atom. The van der Waals surface area contributed by atoms with E-state index in [1.807, 2.05) is 6.92 Å². The number of hydrogen-bond acceptors (Lipinski definition) is 4. The predicted molar refractivity (Wildman–Crippen MR) is 62.0 cm³/mol. The lowest BCUT2D eigenvalue weighted by Gasteiger charge is -2.02. The van der Waals surface area contributed by atoms with Gasteiger partial charge < -0.3 is 5.32 Å². The molecule has 0 amide bonds. The van der Waals surface area contributed by atoms with Gasteiger partial charge in [0.2, 0.25) is 0 Å². The Bertz CT molecular complexity index is 374. The highest BCUT2D eigenvalue weighted by Gasteiger charge is 2.20. The Morgan fingerprint density at radius 2 is 2.40 bits per heavy atom. The zero-order valence-corrected chi connectivity index (χ0v) is 9.73. The first-order chi connectivity index (χ1) is 7.31. The quantitative estimate of drug-likeness (QED) is 0.778. The van der Waals surface area contributed by atoms with Gasteiger partial charge in [0.15, 0.2) is 0 Å². The molecule has 1 aromatic rings. The minimum atomic E-state index is 0.714. The Balaban J connectivity index is 1.79. The molecule has 0 aliphatic heterocycles. The average molecular weight is 221 g/mol. The molecule has 0 bridgehead atoms. The maximum Gasteiger partial charge on any atom is 0.127 e. The third-order valence-electron chi connectivity index (χ3n) is 2.75. The van der Waals surface area contributed by atoms with E-state index >= 15 is 0 Å². The molecule has 1 fully saturated rings. The standard InChI is InChI=1S/C11H15N3S/c1-8-10(7-12)11(15-14-8)13-6-2-3-9-4-5-9/h9,13H,2-6H2,1H3. The normalized spacial score (nSPS) is 14.9. The van der Waals surface area contributed by atoms with Crippen LogP contribution in [0.3, 0.4) is 0 Å². The van der Waals surface area contributed by atoms with E-state index in [4.69, 9.17) is 5.26 Å². The summed E-state index contributed by atoms with van der Waals surface area (Å²) >= 11 is 1.39. The molecule has 80 valence electrons. The summed E-state index contributed by atoms with van der Waals surface area (Å²) in [6, 6.07) is 2.19. The van der Waals surface area contributed by atoms with Gasteiger partial charge in [-0.05, 0) is 37.2 Å². The van der Waals surface area contributed by atoms with Gasteiger partial charge in [0.25, 0.3) is 0 Å². The lowest BCUT2D eigenvalue weighted by Crippen LogP contribution is -2.01. The molecule has 4 heteroatoms. The van der Waals surface area contributed by atoms with Crippen LogP contribution in [0.2, 0.25) is 0 Å². The molecule has 0 saturated heterocycles. The molecule has 1 aromatic heterocycles. The molecule has 0 aromatic carbocycles. The fraction of sp³-hybridized carbons (Fsp3) is 0.636. The summed E-state index contributed by atoms with van der Waals surface area (Å²) in [5.74, 6) is 0.991. The highest BCUT2D eigenvalue weighted by molar-refractivity contribution is 7.10. The van der Waals surface area contributed by atoms with Crippen LogP contribution in [0.25, 0.3) is 0 Å². The lowest BCUT2D eigenvalue weighted by atomic mass is 10.2. The number of nitrogens with one attached hydrogen (secondary N) is 1. The molecule has 1 aliphatic rings. The summed E-state index contributed by atoms with van der Waals surface area (Å²) in [6.45, 7) is 2.84. The van der Waals surface area contributed by atoms with Gasteiger partial charge in [-0.15, -0.1) is 0 Å². The molecular weight excluding hydrogens is 206 g/mol. The second-order valence-corrected chi connectivity index (χ2v) is 4.87. The van der Waals surface area contributed by atoms with Crippen molar-refractivity contribution in [3.63, 3.8) is 0 Å². The van der Waals surface area contributed by atoms with Crippen LogP contribution in [0.15, 0.2) is 0 Å². The Labute approximate surface area is 94.3 Å². The fourth-order valence-electron chi connectivity index (χ4n) is 1.62. The second-order valence-electron chi connectivity index (χ2n) is 4.10. The number of aromatic nitrogens is 1. The molecule has 3 nitrogen and oxygen atoms in total. The van der Waals surface area contributed by atoms with Gasteiger partial charge in [-0.1, -0.05) is 12.8 Å². The molecule has 0 spiro atoms. The van der Waals surface area contributed by atoms with Crippen molar-refractivity contribution in [3.8, 4) is 6.07 Å². The summed E-state index contributed by atoms with van der Waals surface area (Å²) < 4.78 is 4.17. The highest BCUT2D eigenvalue weighted by atomic mass is 32.1. The Morgan fingerprint density at radius 3 is 3.07 bits per heavy atom. The van der Waals surface area contributed by atoms with Gasteiger partial charge in [-0.2, -0.15) is 9.64 Å². The molecule has 0 unspecified atom stereocenters. The summed E-state index contributed by atoms with van der Waals surface area (Å²) in [5.41, 5.74) is 1.55. The van der Waals surface area contributed by atoms with E-state index in [0.717, 1.165) is 23.2 Å². The SMILES string of the molecule is Cc1nsc(NCCCC2CC2)c1C#N. The summed E-state index contributed by atoms with van der Waals surface area (Å²) in [5, 5.41) is 13.2. The first-order valence-corrected chi connectivity index (χ1v) is 6.19. The fourth-order valence-corrected chi connectivity index (χ4v) is 2.39. The number of rotatable bonds is 5. The summed E-state index contributed by atoms with van der Waals surface area (Å²) in [7, 11) is 0. The molecule has 1 N–H and O–H groups in total. The molecule has 1 heterocycles. The van der Waals surface area contributed by atoms with Gasteiger partial charge >= 0.3 is 0 Å². The largest absolute Gasteiger partial charge is 0.375 e. The van der Waals surface area contributed by atoms with Crippen LogP contribution in [0, 0.1) is 24.2 Å². The molecular formula is C11H15N3S. The van der Waals surface area contributed by atoms with E-state index < -0.39 is 0 Å². The molecule has 1 saturated carbocycles. The van der Waals surface area contributed by atoms with Crippen LogP contribution in [0.5, 0.6) is 0 Å². The number of aryl methyl sites for hydroxylation is 1. The van der Waals surface area contributed by atoms with Crippen molar-refractivity contribution in [2.75, 3.05) is 11.9 Å². The van der Waals surface area contributed by atoms with Crippen molar-refractivity contribution in [1.82, 2.24) is 4.37 Å². The van der Waals surface area contributed by atoms with E-state index in [9.17, 15) is 0 Å². The van der Waals surface area contributed by atoms with E-state index in [-0.39, 0.29) is 0 Å². The van der Waals surface area contributed by atoms with Crippen molar-refractivity contribution in [2.24, 2.45) is 5.92 Å². The molecule has 1 aliphatic carbocycles. The summed E-state index contributed by atoms with van der Waals surface area (Å²) in [4.78, 5) is 0. The van der Waals surface area contributed by atoms with Crippen LogP contribution >= 0.6 is 11.5 Å². The molecule has 15 heavy (non-hydrogen) atoms. The molecule has 0 radical (unpaired) electrons. The van der Waals surface area contributed by atoms with Gasteiger partial charge in [-0.25, -0.2) is 0 Å². The summed E-state index contributed by atoms with van der Waals surface area (Å²) in [6.07, 6.45) is 5.37. The van der Waals surface area contributed by atoms with E-state index in [1.165, 1.54) is 37.2 Å². The van der Waals surface area contributed by atoms with Gasteiger partial charge in [-0.3, -0.25) is 0 Å². The van der Waals surface area contributed by atoms with Crippen molar-refractivity contribution < 1.29 is 0 Å². The number of nitriles is 1. The van der Waals surface area contributed by atoms with Crippen LogP contribution in [-0.4, -0.2) is 10.9 Å². The third-order valence-corrected chi connectivity index (χ3v) is 3.64. The maximum atomic E-state index is 8.92. The Kier molecular flexibility index (Phi) is 3.22. The highest BCUT2D eigenvalue weighted by Crippen LogP contribution is 2.33. The van der Waals surface area contributed by atoms with Crippen molar-refractivity contribution in [3.05, 3.63) is 11.3 Å². The van der Waals surface area contributed by atoms with Crippen molar-refractivity contribution in [2.45, 2.75) is 32.6 Å².